The van der Waals surface area contributed by atoms with E-state index in [1.54, 1.807) is 11.0 Å². The van der Waals surface area contributed by atoms with Crippen molar-refractivity contribution in [3.8, 4) is 5.69 Å². The Morgan fingerprint density at radius 3 is 2.70 bits per heavy atom. The van der Waals surface area contributed by atoms with E-state index in [9.17, 15) is 4.79 Å². The van der Waals surface area contributed by atoms with Crippen LogP contribution < -0.4 is 5.32 Å². The number of benzene rings is 1. The molecule has 2 aromatic rings. The lowest BCUT2D eigenvalue weighted by Gasteiger charge is -2.11. The molecule has 1 saturated heterocycles. The fraction of sp³-hybridized carbons (Fsp3) is 0.357. The molecule has 6 heteroatoms. The first-order valence-corrected chi connectivity index (χ1v) is 6.59. The molecule has 1 aromatic heterocycles. The zero-order valence-corrected chi connectivity index (χ0v) is 11.2. The number of aromatic nitrogens is 3. The molecule has 20 heavy (non-hydrogen) atoms. The van der Waals surface area contributed by atoms with Crippen molar-refractivity contribution in [1.29, 1.82) is 0 Å². The van der Waals surface area contributed by atoms with Crippen LogP contribution in [0, 0.1) is 12.8 Å². The van der Waals surface area contributed by atoms with E-state index in [1.165, 1.54) is 0 Å². The van der Waals surface area contributed by atoms with Gasteiger partial charge in [-0.15, -0.1) is 0 Å². The van der Waals surface area contributed by atoms with Gasteiger partial charge in [0.1, 0.15) is 0 Å². The molecule has 104 valence electrons. The molecule has 2 unspecified atom stereocenters. The van der Waals surface area contributed by atoms with Crippen molar-refractivity contribution in [2.75, 3.05) is 6.54 Å². The second-order valence-electron chi connectivity index (χ2n) is 5.10. The predicted octanol–water partition coefficient (Wildman–Crippen LogP) is 1.31. The summed E-state index contributed by atoms with van der Waals surface area (Å²) in [5, 5.41) is 20.7. The maximum Gasteiger partial charge on any atom is 0.307 e. The minimum atomic E-state index is -0.729. The van der Waals surface area contributed by atoms with Gasteiger partial charge < -0.3 is 10.4 Å². The van der Waals surface area contributed by atoms with Gasteiger partial charge in [-0.05, 0) is 31.0 Å². The minimum Gasteiger partial charge on any atom is -0.481 e. The molecule has 0 amide bonds. The van der Waals surface area contributed by atoms with Crippen molar-refractivity contribution in [3.63, 3.8) is 0 Å². The first-order chi connectivity index (χ1) is 9.63. The van der Waals surface area contributed by atoms with Gasteiger partial charge in [0, 0.05) is 12.6 Å². The minimum absolute atomic E-state index is 0.109. The first-order valence-electron chi connectivity index (χ1n) is 6.59. The van der Waals surface area contributed by atoms with E-state index in [0.717, 1.165) is 16.9 Å². The van der Waals surface area contributed by atoms with Crippen molar-refractivity contribution >= 4 is 5.97 Å². The first kappa shape index (κ1) is 12.8. The number of hydrogen-bond acceptors (Lipinski definition) is 4. The highest BCUT2D eigenvalue weighted by Gasteiger charge is 2.29. The summed E-state index contributed by atoms with van der Waals surface area (Å²) in [4.78, 5) is 12.5. The third-order valence-corrected chi connectivity index (χ3v) is 3.61. The van der Waals surface area contributed by atoms with Gasteiger partial charge in [-0.25, -0.2) is 0 Å². The molecule has 2 atom stereocenters. The van der Waals surface area contributed by atoms with Crippen LogP contribution in [0.15, 0.2) is 30.5 Å². The zero-order valence-electron chi connectivity index (χ0n) is 11.2. The van der Waals surface area contributed by atoms with Gasteiger partial charge in [0.15, 0.2) is 0 Å². The van der Waals surface area contributed by atoms with Crippen molar-refractivity contribution < 1.29 is 9.90 Å². The molecule has 0 radical (unpaired) electrons. The lowest BCUT2D eigenvalue weighted by Crippen LogP contribution is -2.17. The van der Waals surface area contributed by atoms with Gasteiger partial charge in [-0.1, -0.05) is 12.1 Å². The number of carboxylic acids is 1. The van der Waals surface area contributed by atoms with Crippen LogP contribution in [0.2, 0.25) is 0 Å². The Labute approximate surface area is 116 Å². The fourth-order valence-corrected chi connectivity index (χ4v) is 2.48. The molecule has 1 aliphatic rings. The van der Waals surface area contributed by atoms with Crippen LogP contribution in [-0.4, -0.2) is 32.6 Å². The third-order valence-electron chi connectivity index (χ3n) is 3.61. The highest BCUT2D eigenvalue weighted by molar-refractivity contribution is 5.70. The molecule has 0 saturated carbocycles. The van der Waals surface area contributed by atoms with E-state index in [0.29, 0.717) is 13.0 Å². The smallest absolute Gasteiger partial charge is 0.307 e. The Hall–Kier alpha value is -2.21. The number of aliphatic carboxylic acids is 1. The molecule has 0 spiro atoms. The Balaban J connectivity index is 1.75. The topological polar surface area (TPSA) is 80.0 Å². The lowest BCUT2D eigenvalue weighted by molar-refractivity contribution is -0.141. The number of aryl methyl sites for hydroxylation is 1. The highest BCUT2D eigenvalue weighted by Crippen LogP contribution is 2.27. The number of nitrogens with zero attached hydrogens (tertiary/aromatic N) is 3. The summed E-state index contributed by atoms with van der Waals surface area (Å²) in [6.45, 7) is 2.42. The summed E-state index contributed by atoms with van der Waals surface area (Å²) >= 11 is 0. The summed E-state index contributed by atoms with van der Waals surface area (Å²) in [5.74, 6) is -1.03. The van der Waals surface area contributed by atoms with E-state index >= 15 is 0 Å². The highest BCUT2D eigenvalue weighted by atomic mass is 16.4. The molecule has 0 aliphatic carbocycles. The summed E-state index contributed by atoms with van der Waals surface area (Å²) in [6.07, 6.45) is 2.34. The largest absolute Gasteiger partial charge is 0.481 e. The fourth-order valence-electron chi connectivity index (χ4n) is 2.48. The van der Waals surface area contributed by atoms with Crippen molar-refractivity contribution in [2.24, 2.45) is 5.92 Å². The number of hydrogen-bond donors (Lipinski definition) is 2. The monoisotopic (exact) mass is 272 g/mol. The molecule has 2 N–H and O–H groups in total. The third kappa shape index (κ3) is 2.42. The second kappa shape index (κ2) is 5.05. The second-order valence-corrected chi connectivity index (χ2v) is 5.10. The number of nitrogens with one attached hydrogen (secondary N) is 1. The summed E-state index contributed by atoms with van der Waals surface area (Å²) in [6, 6.07) is 8.00. The van der Waals surface area contributed by atoms with Gasteiger partial charge in [-0.2, -0.15) is 15.0 Å². The van der Waals surface area contributed by atoms with E-state index in [-0.39, 0.29) is 12.0 Å². The number of carbonyl (C=O) groups is 1. The van der Waals surface area contributed by atoms with Crippen LogP contribution in [0.5, 0.6) is 0 Å². The molecular formula is C14H16N4O2. The van der Waals surface area contributed by atoms with Crippen LogP contribution >= 0.6 is 0 Å². The van der Waals surface area contributed by atoms with Gasteiger partial charge in [0.25, 0.3) is 0 Å². The summed E-state index contributed by atoms with van der Waals surface area (Å²) < 4.78 is 0. The average molecular weight is 272 g/mol. The van der Waals surface area contributed by atoms with E-state index in [4.69, 9.17) is 5.11 Å². The van der Waals surface area contributed by atoms with Crippen LogP contribution in [0.25, 0.3) is 5.69 Å². The summed E-state index contributed by atoms with van der Waals surface area (Å²) in [5.41, 5.74) is 2.87. The molecule has 3 rings (SSSR count). The van der Waals surface area contributed by atoms with Crippen LogP contribution in [-0.2, 0) is 4.79 Å². The predicted molar refractivity (Wildman–Crippen MR) is 72.6 cm³/mol. The maximum absolute atomic E-state index is 11.0. The number of carboxylic acid groups (broad SMARTS) is 1. The molecular weight excluding hydrogens is 256 g/mol. The lowest BCUT2D eigenvalue weighted by atomic mass is 10.00. The molecule has 2 heterocycles. The molecule has 1 aromatic carbocycles. The van der Waals surface area contributed by atoms with E-state index in [1.807, 2.05) is 31.2 Å². The van der Waals surface area contributed by atoms with Crippen LogP contribution in [0.4, 0.5) is 0 Å². The SMILES string of the molecule is Cc1cnn(-c2ccc(C3CC(C(=O)O)CN3)cc2)n1. The van der Waals surface area contributed by atoms with E-state index < -0.39 is 5.97 Å². The molecule has 1 fully saturated rings. The van der Waals surface area contributed by atoms with Crippen molar-refractivity contribution in [3.05, 3.63) is 41.7 Å². The summed E-state index contributed by atoms with van der Waals surface area (Å²) in [7, 11) is 0. The van der Waals surface area contributed by atoms with Gasteiger partial charge >= 0.3 is 5.97 Å². The van der Waals surface area contributed by atoms with Gasteiger partial charge in [-0.3, -0.25) is 4.79 Å². The van der Waals surface area contributed by atoms with Crippen LogP contribution in [0.3, 0.4) is 0 Å². The van der Waals surface area contributed by atoms with Gasteiger partial charge in [0.05, 0.1) is 23.5 Å². The molecule has 1 aliphatic heterocycles. The zero-order chi connectivity index (χ0) is 14.1. The maximum atomic E-state index is 11.0. The normalized spacial score (nSPS) is 22.1. The van der Waals surface area contributed by atoms with Crippen molar-refractivity contribution in [1.82, 2.24) is 20.3 Å². The quantitative estimate of drug-likeness (QED) is 0.880. The average Bonchev–Trinajstić information content (AvgIpc) is 3.08. The molecule has 0 bridgehead atoms. The standard InChI is InChI=1S/C14H16N4O2/c1-9-7-16-18(17-9)12-4-2-10(3-5-12)13-6-11(8-15-13)14(19)20/h2-5,7,11,13,15H,6,8H2,1H3,(H,19,20). The van der Waals surface area contributed by atoms with E-state index in [2.05, 4.69) is 15.5 Å². The van der Waals surface area contributed by atoms with Crippen molar-refractivity contribution in [2.45, 2.75) is 19.4 Å². The Bertz CT molecular complexity index is 620. The Kier molecular flexibility index (Phi) is 3.23. The Morgan fingerprint density at radius 2 is 2.15 bits per heavy atom. The number of rotatable bonds is 3. The molecule has 6 nitrogen and oxygen atoms in total. The van der Waals surface area contributed by atoms with Gasteiger partial charge in [0.2, 0.25) is 0 Å². The van der Waals surface area contributed by atoms with Crippen LogP contribution in [0.1, 0.15) is 23.7 Å². The Morgan fingerprint density at radius 1 is 1.40 bits per heavy atom.